The number of nitrogens with one attached hydrogen (secondary N) is 1. The molecule has 0 bridgehead atoms. The Kier molecular flexibility index (Phi) is 7.36. The summed E-state index contributed by atoms with van der Waals surface area (Å²) in [6, 6.07) is 18.4. The van der Waals surface area contributed by atoms with Gasteiger partial charge in [-0.1, -0.05) is 35.9 Å². The predicted molar refractivity (Wildman–Crippen MR) is 142 cm³/mol. The van der Waals surface area contributed by atoms with Gasteiger partial charge in [0.05, 0.1) is 30.8 Å². The normalized spacial score (nSPS) is 16.2. The number of amides is 1. The average molecular weight is 525 g/mol. The molecule has 1 unspecified atom stereocenters. The Morgan fingerprint density at radius 2 is 1.73 bits per heavy atom. The lowest BCUT2D eigenvalue weighted by Gasteiger charge is -2.38. The summed E-state index contributed by atoms with van der Waals surface area (Å²) in [6.45, 7) is 5.50. The molecule has 3 aromatic carbocycles. The van der Waals surface area contributed by atoms with Gasteiger partial charge in [0.15, 0.2) is 11.5 Å². The fourth-order valence-corrected chi connectivity index (χ4v) is 5.92. The van der Waals surface area contributed by atoms with Crippen molar-refractivity contribution < 1.29 is 27.4 Å². The Morgan fingerprint density at radius 1 is 1.03 bits per heavy atom. The van der Waals surface area contributed by atoms with Crippen molar-refractivity contribution in [3.8, 4) is 17.2 Å². The fraction of sp³-hybridized carbons (Fsp3) is 0.321. The number of benzene rings is 3. The molecular formula is C28H32N2O6S. The van der Waals surface area contributed by atoms with E-state index in [2.05, 4.69) is 5.32 Å². The van der Waals surface area contributed by atoms with Crippen LogP contribution in [0.2, 0.25) is 0 Å². The van der Waals surface area contributed by atoms with Crippen LogP contribution in [0, 0.1) is 6.92 Å². The SMILES string of the molecule is COc1ccc(S(=O)(=O)N(CC(=O)NC2CC(C)(C)Oc3ccc(C)cc32)c2ccccc2)cc1OC. The van der Waals surface area contributed by atoms with E-state index in [4.69, 9.17) is 14.2 Å². The molecule has 0 aliphatic carbocycles. The summed E-state index contributed by atoms with van der Waals surface area (Å²) < 4.78 is 45.4. The van der Waals surface area contributed by atoms with Gasteiger partial charge in [0.2, 0.25) is 5.91 Å². The van der Waals surface area contributed by atoms with Gasteiger partial charge < -0.3 is 19.5 Å². The average Bonchev–Trinajstić information content (AvgIpc) is 2.87. The standard InChI is InChI=1S/C28H32N2O6S/c1-19-11-13-24-22(15-19)23(17-28(2,3)36-24)29-27(31)18-30(20-9-7-6-8-10-20)37(32,33)21-12-14-25(34-4)26(16-21)35-5/h6-16,23H,17-18H2,1-5H3,(H,29,31). The first-order valence-electron chi connectivity index (χ1n) is 11.9. The summed E-state index contributed by atoms with van der Waals surface area (Å²) in [7, 11) is -1.21. The number of aryl methyl sites for hydroxylation is 1. The number of hydrogen-bond acceptors (Lipinski definition) is 6. The van der Waals surface area contributed by atoms with Crippen LogP contribution >= 0.6 is 0 Å². The zero-order valence-corrected chi connectivity index (χ0v) is 22.5. The molecule has 0 aromatic heterocycles. The number of anilines is 1. The van der Waals surface area contributed by atoms with Crippen molar-refractivity contribution in [2.45, 2.75) is 43.7 Å². The minimum atomic E-state index is -4.13. The minimum Gasteiger partial charge on any atom is -0.493 e. The van der Waals surface area contributed by atoms with E-state index in [1.54, 1.807) is 30.3 Å². The van der Waals surface area contributed by atoms with Crippen molar-refractivity contribution in [1.82, 2.24) is 5.32 Å². The third-order valence-electron chi connectivity index (χ3n) is 6.23. The van der Waals surface area contributed by atoms with E-state index in [1.807, 2.05) is 39.0 Å². The molecule has 8 nitrogen and oxygen atoms in total. The van der Waals surface area contributed by atoms with Crippen LogP contribution in [0.3, 0.4) is 0 Å². The monoisotopic (exact) mass is 524 g/mol. The molecule has 3 aromatic rings. The molecule has 0 saturated heterocycles. The van der Waals surface area contributed by atoms with Gasteiger partial charge in [0.25, 0.3) is 10.0 Å². The number of carbonyl (C=O) groups excluding carboxylic acids is 1. The predicted octanol–water partition coefficient (Wildman–Crippen LogP) is 4.63. The number of sulfonamides is 1. The number of para-hydroxylation sites is 1. The first kappa shape index (κ1) is 26.3. The summed E-state index contributed by atoms with van der Waals surface area (Å²) in [5, 5.41) is 3.05. The lowest BCUT2D eigenvalue weighted by atomic mass is 9.89. The highest BCUT2D eigenvalue weighted by Crippen LogP contribution is 2.40. The molecule has 4 rings (SSSR count). The molecule has 0 fully saturated rings. The number of fused-ring (bicyclic) bond motifs is 1. The number of carbonyl (C=O) groups is 1. The van der Waals surface area contributed by atoms with Crippen molar-refractivity contribution in [3.63, 3.8) is 0 Å². The molecule has 1 atom stereocenters. The lowest BCUT2D eigenvalue weighted by Crippen LogP contribution is -2.45. The van der Waals surface area contributed by atoms with Gasteiger partial charge in [0.1, 0.15) is 17.9 Å². The highest BCUT2D eigenvalue weighted by Gasteiger charge is 2.36. The second-order valence-electron chi connectivity index (χ2n) is 9.59. The molecule has 1 amide bonds. The molecule has 1 heterocycles. The zero-order valence-electron chi connectivity index (χ0n) is 21.6. The largest absolute Gasteiger partial charge is 0.493 e. The van der Waals surface area contributed by atoms with Crippen LogP contribution < -0.4 is 23.8 Å². The van der Waals surface area contributed by atoms with Crippen LogP contribution in [0.1, 0.15) is 37.4 Å². The topological polar surface area (TPSA) is 94.2 Å². The number of ether oxygens (including phenoxy) is 3. The quantitative estimate of drug-likeness (QED) is 0.462. The molecule has 0 spiro atoms. The molecule has 0 saturated carbocycles. The minimum absolute atomic E-state index is 0.0185. The summed E-state index contributed by atoms with van der Waals surface area (Å²) >= 11 is 0. The molecule has 1 aliphatic heterocycles. The summed E-state index contributed by atoms with van der Waals surface area (Å²) in [6.07, 6.45) is 0.545. The molecule has 1 aliphatic rings. The zero-order chi connectivity index (χ0) is 26.8. The van der Waals surface area contributed by atoms with Crippen molar-refractivity contribution >= 4 is 21.6 Å². The summed E-state index contributed by atoms with van der Waals surface area (Å²) in [5.41, 5.74) is 1.80. The van der Waals surface area contributed by atoms with Gasteiger partial charge in [-0.3, -0.25) is 9.10 Å². The number of nitrogens with zero attached hydrogens (tertiary/aromatic N) is 1. The van der Waals surface area contributed by atoms with Crippen LogP contribution in [0.15, 0.2) is 71.6 Å². The second-order valence-corrected chi connectivity index (χ2v) is 11.5. The Hall–Kier alpha value is -3.72. The van der Waals surface area contributed by atoms with E-state index in [0.717, 1.165) is 15.4 Å². The maximum atomic E-state index is 13.8. The molecule has 37 heavy (non-hydrogen) atoms. The number of hydrogen-bond donors (Lipinski definition) is 1. The van der Waals surface area contributed by atoms with E-state index in [1.165, 1.54) is 32.4 Å². The number of methoxy groups -OCH3 is 2. The highest BCUT2D eigenvalue weighted by molar-refractivity contribution is 7.92. The molecule has 196 valence electrons. The Balaban J connectivity index is 1.66. The molecular weight excluding hydrogens is 492 g/mol. The van der Waals surface area contributed by atoms with Crippen LogP contribution in [0.5, 0.6) is 17.2 Å². The number of rotatable bonds is 8. The van der Waals surface area contributed by atoms with Gasteiger partial charge in [-0.25, -0.2) is 8.42 Å². The summed E-state index contributed by atoms with van der Waals surface area (Å²) in [4.78, 5) is 13.4. The van der Waals surface area contributed by atoms with Gasteiger partial charge in [-0.15, -0.1) is 0 Å². The van der Waals surface area contributed by atoms with Gasteiger partial charge in [-0.2, -0.15) is 0 Å². The third-order valence-corrected chi connectivity index (χ3v) is 8.00. The van der Waals surface area contributed by atoms with E-state index < -0.39 is 28.1 Å². The molecule has 9 heteroatoms. The Labute approximate surface area is 218 Å². The lowest BCUT2D eigenvalue weighted by molar-refractivity contribution is -0.120. The van der Waals surface area contributed by atoms with E-state index >= 15 is 0 Å². The molecule has 0 radical (unpaired) electrons. The van der Waals surface area contributed by atoms with Crippen LogP contribution in [-0.2, 0) is 14.8 Å². The van der Waals surface area contributed by atoms with E-state index in [-0.39, 0.29) is 16.7 Å². The van der Waals surface area contributed by atoms with E-state index in [9.17, 15) is 13.2 Å². The van der Waals surface area contributed by atoms with Crippen molar-refractivity contribution in [2.75, 3.05) is 25.1 Å². The maximum Gasteiger partial charge on any atom is 0.264 e. The van der Waals surface area contributed by atoms with Crippen molar-refractivity contribution in [1.29, 1.82) is 0 Å². The fourth-order valence-electron chi connectivity index (χ4n) is 4.49. The van der Waals surface area contributed by atoms with Crippen LogP contribution in [-0.4, -0.2) is 40.7 Å². The van der Waals surface area contributed by atoms with Crippen molar-refractivity contribution in [2.24, 2.45) is 0 Å². The third kappa shape index (κ3) is 5.67. The highest BCUT2D eigenvalue weighted by atomic mass is 32.2. The molecule has 1 N–H and O–H groups in total. The van der Waals surface area contributed by atoms with Crippen LogP contribution in [0.25, 0.3) is 0 Å². The first-order valence-corrected chi connectivity index (χ1v) is 13.4. The first-order chi connectivity index (χ1) is 17.5. The summed E-state index contributed by atoms with van der Waals surface area (Å²) in [5.74, 6) is 0.965. The van der Waals surface area contributed by atoms with Crippen molar-refractivity contribution in [3.05, 3.63) is 77.9 Å². The Bertz CT molecular complexity index is 1390. The maximum absolute atomic E-state index is 13.8. The second kappa shape index (κ2) is 10.3. The van der Waals surface area contributed by atoms with Gasteiger partial charge in [-0.05, 0) is 51.1 Å². The van der Waals surface area contributed by atoms with Crippen LogP contribution in [0.4, 0.5) is 5.69 Å². The Morgan fingerprint density at radius 3 is 2.41 bits per heavy atom. The smallest absolute Gasteiger partial charge is 0.264 e. The van der Waals surface area contributed by atoms with Gasteiger partial charge in [0, 0.05) is 18.1 Å². The van der Waals surface area contributed by atoms with Gasteiger partial charge >= 0.3 is 0 Å². The van der Waals surface area contributed by atoms with E-state index in [0.29, 0.717) is 23.6 Å².